The number of aryl methyl sites for hydroxylation is 2. The van der Waals surface area contributed by atoms with Crippen LogP contribution in [0.25, 0.3) is 10.6 Å². The number of aromatic nitrogens is 4. The molecule has 0 amide bonds. The summed E-state index contributed by atoms with van der Waals surface area (Å²) in [6, 6.07) is 0. The normalized spacial score (nSPS) is 15.5. The van der Waals surface area contributed by atoms with Crippen LogP contribution < -0.4 is 4.90 Å². The second-order valence-electron chi connectivity index (χ2n) is 7.45. The van der Waals surface area contributed by atoms with Gasteiger partial charge in [0.15, 0.2) is 0 Å². The molecule has 0 aliphatic carbocycles. The Morgan fingerprint density at radius 3 is 2.42 bits per heavy atom. The van der Waals surface area contributed by atoms with E-state index in [-0.39, 0.29) is 17.6 Å². The summed E-state index contributed by atoms with van der Waals surface area (Å²) < 4.78 is 38.0. The minimum atomic E-state index is -4.45. The molecule has 11 heteroatoms. The van der Waals surface area contributed by atoms with Crippen LogP contribution in [-0.4, -0.2) is 38.8 Å². The zero-order chi connectivity index (χ0) is 22.2. The average Bonchev–Trinajstić information content (AvgIpc) is 3.33. The van der Waals surface area contributed by atoms with Crippen molar-refractivity contribution in [1.82, 2.24) is 19.9 Å². The first-order valence-corrected chi connectivity index (χ1v) is 11.5. The molecule has 1 saturated heterocycles. The molecule has 0 radical (unpaired) electrons. The Morgan fingerprint density at radius 2 is 1.84 bits per heavy atom. The maximum atomic E-state index is 12.8. The number of carbonyl (C=O) groups excluding carboxylic acids is 1. The third-order valence-electron chi connectivity index (χ3n) is 5.21. The number of hydrogen-bond donors (Lipinski definition) is 0. The summed E-state index contributed by atoms with van der Waals surface area (Å²) in [5, 5.41) is 3.74. The van der Waals surface area contributed by atoms with Gasteiger partial charge in [-0.05, 0) is 26.7 Å². The molecule has 4 rings (SSSR count). The van der Waals surface area contributed by atoms with Crippen molar-refractivity contribution in [3.63, 3.8) is 0 Å². The molecule has 0 bridgehead atoms. The Morgan fingerprint density at radius 1 is 1.16 bits per heavy atom. The first-order valence-electron chi connectivity index (χ1n) is 9.76. The van der Waals surface area contributed by atoms with Crippen LogP contribution in [0.3, 0.4) is 0 Å². The number of ketones is 1. The quantitative estimate of drug-likeness (QED) is 0.541. The minimum absolute atomic E-state index is 0.0922. The van der Waals surface area contributed by atoms with Gasteiger partial charge in [-0.3, -0.25) is 4.79 Å². The van der Waals surface area contributed by atoms with Gasteiger partial charge in [-0.25, -0.2) is 19.9 Å². The van der Waals surface area contributed by atoms with Gasteiger partial charge in [-0.15, -0.1) is 22.7 Å². The van der Waals surface area contributed by atoms with E-state index in [1.165, 1.54) is 11.3 Å². The SMILES string of the molecule is Cc1nc(C)c(-c2csc(CC(=O)C3CCN(c4ncc(C(F)(F)F)cn4)CC3)n2)s1. The first-order chi connectivity index (χ1) is 14.7. The van der Waals surface area contributed by atoms with Gasteiger partial charge in [0.05, 0.1) is 33.3 Å². The van der Waals surface area contributed by atoms with E-state index in [0.29, 0.717) is 32.4 Å². The number of anilines is 1. The molecule has 6 nitrogen and oxygen atoms in total. The monoisotopic (exact) mass is 467 g/mol. The predicted molar refractivity (Wildman–Crippen MR) is 113 cm³/mol. The molecule has 0 aromatic carbocycles. The predicted octanol–water partition coefficient (Wildman–Crippen LogP) is 4.72. The van der Waals surface area contributed by atoms with Gasteiger partial charge < -0.3 is 4.90 Å². The molecule has 0 atom stereocenters. The molecule has 1 aliphatic heterocycles. The standard InChI is InChI=1S/C20H20F3N5OS2/c1-11-18(31-12(2)26-11)15-10-30-17(27-15)7-16(29)13-3-5-28(6-4-13)19-24-8-14(9-25-19)20(21,22)23/h8-10,13H,3-7H2,1-2H3. The lowest BCUT2D eigenvalue weighted by Gasteiger charge is -2.31. The lowest BCUT2D eigenvalue weighted by atomic mass is 9.91. The van der Waals surface area contributed by atoms with E-state index < -0.39 is 11.7 Å². The van der Waals surface area contributed by atoms with Crippen molar-refractivity contribution in [1.29, 1.82) is 0 Å². The maximum absolute atomic E-state index is 12.8. The average molecular weight is 468 g/mol. The van der Waals surface area contributed by atoms with Crippen LogP contribution in [-0.2, 0) is 17.4 Å². The fourth-order valence-electron chi connectivity index (χ4n) is 3.59. The number of thiazole rings is 2. The molecule has 164 valence electrons. The van der Waals surface area contributed by atoms with Crippen LogP contribution in [0, 0.1) is 19.8 Å². The Labute approximate surface area is 185 Å². The molecule has 0 saturated carbocycles. The molecule has 31 heavy (non-hydrogen) atoms. The van der Waals surface area contributed by atoms with Gasteiger partial charge in [-0.1, -0.05) is 0 Å². The molecule has 3 aromatic rings. The van der Waals surface area contributed by atoms with Crippen LogP contribution in [0.1, 0.15) is 34.1 Å². The van der Waals surface area contributed by atoms with E-state index in [1.54, 1.807) is 11.3 Å². The van der Waals surface area contributed by atoms with E-state index in [2.05, 4.69) is 19.9 Å². The number of alkyl halides is 3. The Bertz CT molecular complexity index is 1070. The van der Waals surface area contributed by atoms with Gasteiger partial charge in [0.1, 0.15) is 10.8 Å². The van der Waals surface area contributed by atoms with Crippen molar-refractivity contribution in [2.45, 2.75) is 39.3 Å². The van der Waals surface area contributed by atoms with E-state index >= 15 is 0 Å². The number of Topliss-reactive ketones (excluding diaryl/α,β-unsaturated/α-hetero) is 1. The van der Waals surface area contributed by atoms with Crippen molar-refractivity contribution in [3.8, 4) is 10.6 Å². The van der Waals surface area contributed by atoms with Gasteiger partial charge in [0.2, 0.25) is 5.95 Å². The topological polar surface area (TPSA) is 71.9 Å². The van der Waals surface area contributed by atoms with E-state index in [0.717, 1.165) is 38.7 Å². The van der Waals surface area contributed by atoms with Crippen molar-refractivity contribution < 1.29 is 18.0 Å². The van der Waals surface area contributed by atoms with E-state index in [9.17, 15) is 18.0 Å². The van der Waals surface area contributed by atoms with Crippen molar-refractivity contribution >= 4 is 34.4 Å². The van der Waals surface area contributed by atoms with Crippen molar-refractivity contribution in [2.24, 2.45) is 5.92 Å². The summed E-state index contributed by atoms with van der Waals surface area (Å²) >= 11 is 3.08. The Balaban J connectivity index is 1.33. The van der Waals surface area contributed by atoms with Gasteiger partial charge in [0.25, 0.3) is 0 Å². The highest BCUT2D eigenvalue weighted by atomic mass is 32.1. The fourth-order valence-corrected chi connectivity index (χ4v) is 5.34. The second kappa shape index (κ2) is 8.62. The summed E-state index contributed by atoms with van der Waals surface area (Å²) in [5.41, 5.74) is 0.946. The number of nitrogens with zero attached hydrogens (tertiary/aromatic N) is 5. The zero-order valence-electron chi connectivity index (χ0n) is 16.9. The number of halogens is 3. The van der Waals surface area contributed by atoms with Gasteiger partial charge >= 0.3 is 6.18 Å². The number of rotatable bonds is 5. The summed E-state index contributed by atoms with van der Waals surface area (Å²) in [6.45, 7) is 4.98. The van der Waals surface area contributed by atoms with Gasteiger partial charge in [0, 0.05) is 36.8 Å². The highest BCUT2D eigenvalue weighted by Gasteiger charge is 2.32. The maximum Gasteiger partial charge on any atom is 0.419 e. The smallest absolute Gasteiger partial charge is 0.341 e. The molecule has 3 aromatic heterocycles. The summed E-state index contributed by atoms with van der Waals surface area (Å²) in [4.78, 5) is 32.4. The molecular weight excluding hydrogens is 447 g/mol. The lowest BCUT2D eigenvalue weighted by molar-refractivity contribution is -0.138. The van der Waals surface area contributed by atoms with Crippen LogP contribution in [0.4, 0.5) is 19.1 Å². The molecule has 0 unspecified atom stereocenters. The molecule has 1 fully saturated rings. The Kier molecular flexibility index (Phi) is 6.07. The molecule has 4 heterocycles. The third kappa shape index (κ3) is 4.93. The third-order valence-corrected chi connectivity index (χ3v) is 7.16. The van der Waals surface area contributed by atoms with Crippen LogP contribution in [0.2, 0.25) is 0 Å². The molecule has 1 aliphatic rings. The molecular formula is C20H20F3N5OS2. The highest BCUT2D eigenvalue weighted by Crippen LogP contribution is 2.32. The molecule has 0 N–H and O–H groups in total. The highest BCUT2D eigenvalue weighted by molar-refractivity contribution is 7.16. The van der Waals surface area contributed by atoms with Gasteiger partial charge in [-0.2, -0.15) is 13.2 Å². The fraction of sp³-hybridized carbons (Fsp3) is 0.450. The number of carbonyl (C=O) groups is 1. The van der Waals surface area contributed by atoms with Crippen molar-refractivity contribution in [3.05, 3.63) is 39.0 Å². The Hall–Kier alpha value is -2.40. The van der Waals surface area contributed by atoms with Crippen LogP contribution in [0.5, 0.6) is 0 Å². The number of piperidine rings is 1. The van der Waals surface area contributed by atoms with E-state index in [4.69, 9.17) is 0 Å². The minimum Gasteiger partial charge on any atom is -0.341 e. The van der Waals surface area contributed by atoms with E-state index in [1.807, 2.05) is 24.1 Å². The largest absolute Gasteiger partial charge is 0.419 e. The second-order valence-corrected chi connectivity index (χ2v) is 9.59. The first kappa shape index (κ1) is 21.8. The van der Waals surface area contributed by atoms with Crippen LogP contribution in [0.15, 0.2) is 17.8 Å². The van der Waals surface area contributed by atoms with Crippen LogP contribution >= 0.6 is 22.7 Å². The molecule has 0 spiro atoms. The summed E-state index contributed by atoms with van der Waals surface area (Å²) in [6.07, 6.45) is -1.32. The lowest BCUT2D eigenvalue weighted by Crippen LogP contribution is -2.37. The summed E-state index contributed by atoms with van der Waals surface area (Å²) in [5.74, 6) is 0.315. The number of hydrogen-bond acceptors (Lipinski definition) is 8. The zero-order valence-corrected chi connectivity index (χ0v) is 18.6. The van der Waals surface area contributed by atoms with Crippen molar-refractivity contribution in [2.75, 3.05) is 18.0 Å². The summed E-state index contributed by atoms with van der Waals surface area (Å²) in [7, 11) is 0.